The van der Waals surface area contributed by atoms with E-state index in [1.54, 1.807) is 12.3 Å². The minimum atomic E-state index is -0.361. The van der Waals surface area contributed by atoms with Crippen molar-refractivity contribution in [2.75, 3.05) is 18.5 Å². The maximum Gasteiger partial charge on any atom is 0.273 e. The summed E-state index contributed by atoms with van der Waals surface area (Å²) in [5, 5.41) is 2.48. The van der Waals surface area contributed by atoms with Crippen molar-refractivity contribution in [1.29, 1.82) is 0 Å². The van der Waals surface area contributed by atoms with E-state index in [0.29, 0.717) is 11.4 Å². The average Bonchev–Trinajstić information content (AvgIpc) is 2.39. The smallest absolute Gasteiger partial charge is 0.273 e. The van der Waals surface area contributed by atoms with Crippen LogP contribution in [0.3, 0.4) is 0 Å². The molecule has 5 N–H and O–H groups in total. The van der Waals surface area contributed by atoms with E-state index in [1.807, 2.05) is 19.1 Å². The number of nitrogens with two attached hydrogens (primary N) is 2. The second kappa shape index (κ2) is 4.93. The van der Waals surface area contributed by atoms with Gasteiger partial charge in [0.2, 0.25) is 0 Å². The monoisotopic (exact) mass is 257 g/mol. The van der Waals surface area contributed by atoms with Crippen LogP contribution < -0.4 is 16.8 Å². The van der Waals surface area contributed by atoms with Gasteiger partial charge in [-0.2, -0.15) is 0 Å². The number of nitrogen functional groups attached to an aromatic ring is 2. The Morgan fingerprint density at radius 2 is 2.05 bits per heavy atom. The third kappa shape index (κ3) is 2.47. The van der Waals surface area contributed by atoms with Crippen LogP contribution in [0.4, 0.5) is 11.5 Å². The molecule has 0 fully saturated rings. The Hall–Kier alpha value is -2.63. The Labute approximate surface area is 110 Å². The van der Waals surface area contributed by atoms with Crippen LogP contribution in [0.15, 0.2) is 24.4 Å². The van der Waals surface area contributed by atoms with Gasteiger partial charge < -0.3 is 16.8 Å². The summed E-state index contributed by atoms with van der Waals surface area (Å²) in [4.78, 5) is 19.9. The summed E-state index contributed by atoms with van der Waals surface area (Å²) in [6.07, 6.45) is 1.54. The van der Waals surface area contributed by atoms with Gasteiger partial charge in [0.25, 0.3) is 5.91 Å². The molecule has 0 aliphatic carbocycles. The highest BCUT2D eigenvalue weighted by Crippen LogP contribution is 2.24. The summed E-state index contributed by atoms with van der Waals surface area (Å²) in [7, 11) is 1.52. The molecule has 2 aromatic rings. The molecule has 1 aromatic heterocycles. The van der Waals surface area contributed by atoms with Crippen molar-refractivity contribution in [3.63, 3.8) is 0 Å². The van der Waals surface area contributed by atoms with E-state index in [2.05, 4.69) is 15.3 Å². The lowest BCUT2D eigenvalue weighted by Crippen LogP contribution is -2.21. The van der Waals surface area contributed by atoms with Crippen LogP contribution in [-0.4, -0.2) is 22.9 Å². The Bertz CT molecular complexity index is 639. The highest BCUT2D eigenvalue weighted by molar-refractivity contribution is 5.96. The number of rotatable bonds is 2. The molecule has 0 bridgehead atoms. The van der Waals surface area contributed by atoms with Gasteiger partial charge in [-0.1, -0.05) is 6.07 Å². The van der Waals surface area contributed by atoms with Gasteiger partial charge in [0.1, 0.15) is 0 Å². The molecule has 98 valence electrons. The fourth-order valence-electron chi connectivity index (χ4n) is 1.79. The predicted molar refractivity (Wildman–Crippen MR) is 74.4 cm³/mol. The summed E-state index contributed by atoms with van der Waals surface area (Å²) in [5.74, 6) is -0.254. The van der Waals surface area contributed by atoms with E-state index >= 15 is 0 Å². The number of hydrogen-bond acceptors (Lipinski definition) is 5. The van der Waals surface area contributed by atoms with Crippen molar-refractivity contribution in [1.82, 2.24) is 15.3 Å². The molecular weight excluding hydrogens is 242 g/mol. The lowest BCUT2D eigenvalue weighted by molar-refractivity contribution is 0.0959. The first kappa shape index (κ1) is 12.8. The molecule has 1 amide bonds. The number of nitrogens with one attached hydrogen (secondary N) is 1. The van der Waals surface area contributed by atoms with Gasteiger partial charge in [0.05, 0.1) is 11.9 Å². The molecule has 0 radical (unpaired) electrons. The molecule has 0 aliphatic rings. The van der Waals surface area contributed by atoms with E-state index in [1.165, 1.54) is 7.05 Å². The fraction of sp³-hybridized carbons (Fsp3) is 0.154. The summed E-state index contributed by atoms with van der Waals surface area (Å²) in [6.45, 7) is 1.92. The molecule has 0 saturated carbocycles. The van der Waals surface area contributed by atoms with Crippen LogP contribution in [0.5, 0.6) is 0 Å². The van der Waals surface area contributed by atoms with E-state index in [4.69, 9.17) is 11.5 Å². The zero-order valence-electron chi connectivity index (χ0n) is 10.8. The molecule has 19 heavy (non-hydrogen) atoms. The van der Waals surface area contributed by atoms with Gasteiger partial charge in [-0.05, 0) is 24.6 Å². The molecule has 1 aromatic carbocycles. The fourth-order valence-corrected chi connectivity index (χ4v) is 1.79. The largest absolute Gasteiger partial charge is 0.399 e. The lowest BCUT2D eigenvalue weighted by Gasteiger charge is -2.08. The van der Waals surface area contributed by atoms with Crippen LogP contribution >= 0.6 is 0 Å². The Balaban J connectivity index is 2.54. The molecule has 6 nitrogen and oxygen atoms in total. The maximum absolute atomic E-state index is 11.6. The van der Waals surface area contributed by atoms with E-state index in [9.17, 15) is 4.79 Å². The lowest BCUT2D eigenvalue weighted by atomic mass is 10.1. The number of aryl methyl sites for hydroxylation is 1. The Morgan fingerprint density at radius 3 is 2.68 bits per heavy atom. The van der Waals surface area contributed by atoms with Crippen LogP contribution in [0.25, 0.3) is 11.3 Å². The van der Waals surface area contributed by atoms with Crippen LogP contribution in [0.2, 0.25) is 0 Å². The number of carbonyl (C=O) groups excluding carboxylic acids is 1. The van der Waals surface area contributed by atoms with E-state index in [-0.39, 0.29) is 17.4 Å². The first-order valence-electron chi connectivity index (χ1n) is 5.74. The highest BCUT2D eigenvalue weighted by atomic mass is 16.1. The van der Waals surface area contributed by atoms with Gasteiger partial charge in [0, 0.05) is 18.3 Å². The van der Waals surface area contributed by atoms with E-state index < -0.39 is 0 Å². The second-order valence-corrected chi connectivity index (χ2v) is 4.14. The zero-order valence-corrected chi connectivity index (χ0v) is 10.8. The zero-order chi connectivity index (χ0) is 14.0. The van der Waals surface area contributed by atoms with Crippen molar-refractivity contribution in [2.45, 2.75) is 6.92 Å². The summed E-state index contributed by atoms with van der Waals surface area (Å²) >= 11 is 0. The third-order valence-corrected chi connectivity index (χ3v) is 2.77. The number of aromatic nitrogens is 2. The first-order valence-corrected chi connectivity index (χ1v) is 5.74. The quantitative estimate of drug-likeness (QED) is 0.695. The summed E-state index contributed by atoms with van der Waals surface area (Å²) < 4.78 is 0. The molecule has 0 atom stereocenters. The molecule has 0 aliphatic heterocycles. The van der Waals surface area contributed by atoms with Gasteiger partial charge >= 0.3 is 0 Å². The third-order valence-electron chi connectivity index (χ3n) is 2.77. The van der Waals surface area contributed by atoms with Crippen LogP contribution in [0.1, 0.15) is 16.1 Å². The summed E-state index contributed by atoms with van der Waals surface area (Å²) in [5.41, 5.74) is 14.6. The first-order chi connectivity index (χ1) is 9.02. The van der Waals surface area contributed by atoms with Crippen LogP contribution in [0, 0.1) is 6.92 Å². The molecular formula is C13H15N5O. The maximum atomic E-state index is 11.6. The van der Waals surface area contributed by atoms with Gasteiger partial charge in [-0.15, -0.1) is 0 Å². The molecule has 6 heteroatoms. The van der Waals surface area contributed by atoms with Crippen LogP contribution in [-0.2, 0) is 0 Å². The molecule has 0 unspecified atom stereocenters. The van der Waals surface area contributed by atoms with Gasteiger partial charge in [-0.3, -0.25) is 4.79 Å². The number of benzene rings is 1. The number of carbonyl (C=O) groups is 1. The van der Waals surface area contributed by atoms with Crippen molar-refractivity contribution in [3.05, 3.63) is 35.7 Å². The number of nitrogens with zero attached hydrogens (tertiary/aromatic N) is 2. The van der Waals surface area contributed by atoms with Crippen molar-refractivity contribution < 1.29 is 4.79 Å². The Morgan fingerprint density at radius 1 is 1.32 bits per heavy atom. The van der Waals surface area contributed by atoms with Crippen molar-refractivity contribution in [3.8, 4) is 11.3 Å². The summed E-state index contributed by atoms with van der Waals surface area (Å²) in [6, 6.07) is 5.46. The molecule has 0 spiro atoms. The van der Waals surface area contributed by atoms with Gasteiger partial charge in [-0.25, -0.2) is 9.97 Å². The minimum absolute atomic E-state index is 0.108. The molecule has 1 heterocycles. The predicted octanol–water partition coefficient (Wildman–Crippen LogP) is 0.976. The Kier molecular flexibility index (Phi) is 3.33. The normalized spacial score (nSPS) is 10.2. The number of anilines is 2. The SMILES string of the molecule is CNC(=O)c1nc(-c2ccc(N)cc2C)cnc1N. The number of amides is 1. The minimum Gasteiger partial charge on any atom is -0.399 e. The van der Waals surface area contributed by atoms with Crippen molar-refractivity contribution >= 4 is 17.4 Å². The highest BCUT2D eigenvalue weighted by Gasteiger charge is 2.14. The number of hydrogen-bond donors (Lipinski definition) is 3. The van der Waals surface area contributed by atoms with E-state index in [0.717, 1.165) is 11.1 Å². The molecule has 2 rings (SSSR count). The molecule has 0 saturated heterocycles. The average molecular weight is 257 g/mol. The van der Waals surface area contributed by atoms with Gasteiger partial charge in [0.15, 0.2) is 11.5 Å². The standard InChI is InChI=1S/C13H15N5O/c1-7-5-8(14)3-4-9(7)10-6-17-12(15)11(18-10)13(19)16-2/h3-6H,14H2,1-2H3,(H2,15,17)(H,16,19). The van der Waals surface area contributed by atoms with Crippen molar-refractivity contribution in [2.24, 2.45) is 0 Å². The topological polar surface area (TPSA) is 107 Å². The second-order valence-electron chi connectivity index (χ2n) is 4.14.